The molecule has 0 atom stereocenters. The summed E-state index contributed by atoms with van der Waals surface area (Å²) in [5, 5.41) is 0.613. The zero-order chi connectivity index (χ0) is 12.1. The molecule has 0 amide bonds. The highest BCUT2D eigenvalue weighted by Crippen LogP contribution is 2.24. The number of nitrogens with two attached hydrogens (primary N) is 1. The van der Waals surface area contributed by atoms with Crippen molar-refractivity contribution in [3.8, 4) is 5.75 Å². The molecule has 0 aliphatic rings. The third-order valence-corrected chi connectivity index (χ3v) is 2.58. The van der Waals surface area contributed by atoms with Crippen LogP contribution in [0.15, 0.2) is 42.7 Å². The molecule has 0 saturated carbocycles. The van der Waals surface area contributed by atoms with E-state index in [0.29, 0.717) is 23.1 Å². The molecule has 4 heteroatoms. The number of benzene rings is 1. The molecule has 0 unspecified atom stereocenters. The Morgan fingerprint density at radius 3 is 2.88 bits per heavy atom. The number of anilines is 1. The Morgan fingerprint density at radius 2 is 2.18 bits per heavy atom. The molecule has 2 aromatic rings. The summed E-state index contributed by atoms with van der Waals surface area (Å²) < 4.78 is 5.58. The maximum Gasteiger partial charge on any atom is 0.142 e. The first kappa shape index (κ1) is 11.7. The van der Waals surface area contributed by atoms with Gasteiger partial charge in [-0.15, -0.1) is 0 Å². The van der Waals surface area contributed by atoms with Gasteiger partial charge >= 0.3 is 0 Å². The van der Waals surface area contributed by atoms with Crippen molar-refractivity contribution in [2.24, 2.45) is 0 Å². The van der Waals surface area contributed by atoms with E-state index in [2.05, 4.69) is 4.98 Å². The highest BCUT2D eigenvalue weighted by molar-refractivity contribution is 6.30. The Hall–Kier alpha value is -1.74. The molecule has 1 heterocycles. The van der Waals surface area contributed by atoms with Crippen LogP contribution in [0, 0.1) is 0 Å². The van der Waals surface area contributed by atoms with Crippen molar-refractivity contribution in [2.45, 2.75) is 6.42 Å². The van der Waals surface area contributed by atoms with E-state index >= 15 is 0 Å². The van der Waals surface area contributed by atoms with E-state index in [0.717, 1.165) is 12.0 Å². The molecule has 2 N–H and O–H groups in total. The van der Waals surface area contributed by atoms with Crippen LogP contribution in [0.2, 0.25) is 5.02 Å². The van der Waals surface area contributed by atoms with E-state index in [4.69, 9.17) is 22.1 Å². The van der Waals surface area contributed by atoms with Crippen LogP contribution in [0.1, 0.15) is 5.56 Å². The molecule has 1 aromatic heterocycles. The van der Waals surface area contributed by atoms with Gasteiger partial charge in [0.2, 0.25) is 0 Å². The zero-order valence-electron chi connectivity index (χ0n) is 9.27. The molecule has 3 nitrogen and oxygen atoms in total. The maximum absolute atomic E-state index is 5.80. The van der Waals surface area contributed by atoms with Crippen molar-refractivity contribution >= 4 is 17.3 Å². The monoisotopic (exact) mass is 248 g/mol. The molecule has 0 radical (unpaired) electrons. The summed E-state index contributed by atoms with van der Waals surface area (Å²) in [6.07, 6.45) is 4.38. The van der Waals surface area contributed by atoms with Crippen LogP contribution in [-0.2, 0) is 6.42 Å². The van der Waals surface area contributed by atoms with Gasteiger partial charge in [-0.25, -0.2) is 0 Å². The summed E-state index contributed by atoms with van der Waals surface area (Å²) in [7, 11) is 0. The minimum Gasteiger partial charge on any atom is -0.491 e. The lowest BCUT2D eigenvalue weighted by molar-refractivity contribution is 0.323. The second-order valence-electron chi connectivity index (χ2n) is 3.64. The normalized spacial score (nSPS) is 10.2. The van der Waals surface area contributed by atoms with Gasteiger partial charge in [-0.1, -0.05) is 17.7 Å². The van der Waals surface area contributed by atoms with E-state index < -0.39 is 0 Å². The van der Waals surface area contributed by atoms with Gasteiger partial charge in [-0.2, -0.15) is 0 Å². The summed E-state index contributed by atoms with van der Waals surface area (Å²) in [4.78, 5) is 4.04. The number of nitrogen functional groups attached to an aromatic ring is 1. The first-order chi connectivity index (χ1) is 8.25. The van der Waals surface area contributed by atoms with Gasteiger partial charge < -0.3 is 10.5 Å². The molecular weight excluding hydrogens is 236 g/mol. The second-order valence-corrected chi connectivity index (χ2v) is 4.08. The molecule has 0 bridgehead atoms. The second kappa shape index (κ2) is 5.55. The highest BCUT2D eigenvalue weighted by Gasteiger charge is 2.01. The van der Waals surface area contributed by atoms with Gasteiger partial charge in [0, 0.05) is 23.8 Å². The number of ether oxygens (including phenoxy) is 1. The number of rotatable bonds is 4. The SMILES string of the molecule is Nc1cc(Cl)ccc1OCCc1cccnc1. The molecule has 2 rings (SSSR count). The van der Waals surface area contributed by atoms with Gasteiger partial charge in [-0.3, -0.25) is 4.98 Å². The Morgan fingerprint density at radius 1 is 1.29 bits per heavy atom. The Balaban J connectivity index is 1.90. The summed E-state index contributed by atoms with van der Waals surface area (Å²) in [5.41, 5.74) is 7.48. The molecule has 88 valence electrons. The van der Waals surface area contributed by atoms with Crippen LogP contribution in [0.4, 0.5) is 5.69 Å². The van der Waals surface area contributed by atoms with Gasteiger partial charge in [0.05, 0.1) is 12.3 Å². The molecular formula is C13H13ClN2O. The van der Waals surface area contributed by atoms with Crippen molar-refractivity contribution in [1.29, 1.82) is 0 Å². The predicted molar refractivity (Wildman–Crippen MR) is 69.3 cm³/mol. The van der Waals surface area contributed by atoms with Crippen molar-refractivity contribution in [3.05, 3.63) is 53.3 Å². The smallest absolute Gasteiger partial charge is 0.142 e. The van der Waals surface area contributed by atoms with Crippen molar-refractivity contribution in [1.82, 2.24) is 4.98 Å². The average molecular weight is 249 g/mol. The minimum atomic E-state index is 0.559. The molecule has 0 saturated heterocycles. The topological polar surface area (TPSA) is 48.1 Å². The summed E-state index contributed by atoms with van der Waals surface area (Å²) in [6.45, 7) is 0.567. The van der Waals surface area contributed by atoms with Gasteiger partial charge in [-0.05, 0) is 29.8 Å². The van der Waals surface area contributed by atoms with Crippen molar-refractivity contribution in [2.75, 3.05) is 12.3 Å². The van der Waals surface area contributed by atoms with Crippen LogP contribution in [0.25, 0.3) is 0 Å². The first-order valence-corrected chi connectivity index (χ1v) is 5.70. The Kier molecular flexibility index (Phi) is 3.83. The predicted octanol–water partition coefficient (Wildman–Crippen LogP) is 2.94. The molecule has 0 aliphatic heterocycles. The molecule has 0 fully saturated rings. The molecule has 0 spiro atoms. The third-order valence-electron chi connectivity index (χ3n) is 2.34. The number of nitrogens with zero attached hydrogens (tertiary/aromatic N) is 1. The van der Waals surface area contributed by atoms with Crippen molar-refractivity contribution in [3.63, 3.8) is 0 Å². The van der Waals surface area contributed by atoms with E-state index in [-0.39, 0.29) is 0 Å². The van der Waals surface area contributed by atoms with Crippen LogP contribution in [-0.4, -0.2) is 11.6 Å². The fourth-order valence-corrected chi connectivity index (χ4v) is 1.66. The largest absolute Gasteiger partial charge is 0.491 e. The molecule has 1 aromatic carbocycles. The zero-order valence-corrected chi connectivity index (χ0v) is 10.0. The van der Waals surface area contributed by atoms with Crippen molar-refractivity contribution < 1.29 is 4.74 Å². The maximum atomic E-state index is 5.80. The first-order valence-electron chi connectivity index (χ1n) is 5.32. The summed E-state index contributed by atoms with van der Waals surface area (Å²) in [6, 6.07) is 9.15. The van der Waals surface area contributed by atoms with Gasteiger partial charge in [0.15, 0.2) is 0 Å². The summed E-state index contributed by atoms with van der Waals surface area (Å²) >= 11 is 5.80. The number of halogens is 1. The molecule has 17 heavy (non-hydrogen) atoms. The number of hydrogen-bond acceptors (Lipinski definition) is 3. The van der Waals surface area contributed by atoms with E-state index in [1.807, 2.05) is 18.3 Å². The summed E-state index contributed by atoms with van der Waals surface area (Å²) in [5.74, 6) is 0.665. The Labute approximate surface area is 105 Å². The third kappa shape index (κ3) is 3.36. The Bertz CT molecular complexity index is 488. The lowest BCUT2D eigenvalue weighted by Gasteiger charge is -2.08. The quantitative estimate of drug-likeness (QED) is 0.847. The standard InChI is InChI=1S/C13H13ClN2O/c14-11-3-4-13(12(15)8-11)17-7-5-10-2-1-6-16-9-10/h1-4,6,8-9H,5,7,15H2. The van der Waals surface area contributed by atoms with Gasteiger partial charge in [0.1, 0.15) is 5.75 Å². The van der Waals surface area contributed by atoms with E-state index in [9.17, 15) is 0 Å². The average Bonchev–Trinajstić information content (AvgIpc) is 2.33. The number of aromatic nitrogens is 1. The number of hydrogen-bond donors (Lipinski definition) is 1. The lowest BCUT2D eigenvalue weighted by Crippen LogP contribution is -2.03. The van der Waals surface area contributed by atoms with Crippen LogP contribution in [0.5, 0.6) is 5.75 Å². The van der Waals surface area contributed by atoms with E-state index in [1.54, 1.807) is 24.4 Å². The van der Waals surface area contributed by atoms with Crippen LogP contribution in [0.3, 0.4) is 0 Å². The number of pyridine rings is 1. The fourth-order valence-electron chi connectivity index (χ4n) is 1.48. The minimum absolute atomic E-state index is 0.559. The highest BCUT2D eigenvalue weighted by atomic mass is 35.5. The van der Waals surface area contributed by atoms with Crippen LogP contribution >= 0.6 is 11.6 Å². The van der Waals surface area contributed by atoms with Crippen LogP contribution < -0.4 is 10.5 Å². The van der Waals surface area contributed by atoms with E-state index in [1.165, 1.54) is 0 Å². The fraction of sp³-hybridized carbons (Fsp3) is 0.154. The lowest BCUT2D eigenvalue weighted by atomic mass is 10.2. The van der Waals surface area contributed by atoms with Gasteiger partial charge in [0.25, 0.3) is 0 Å². The molecule has 0 aliphatic carbocycles.